The van der Waals surface area contributed by atoms with Gasteiger partial charge in [-0.15, -0.1) is 0 Å². The van der Waals surface area contributed by atoms with E-state index in [1.165, 1.54) is 6.42 Å². The second-order valence-electron chi connectivity index (χ2n) is 3.77. The maximum absolute atomic E-state index is 5.47. The summed E-state index contributed by atoms with van der Waals surface area (Å²) in [4.78, 5) is 0. The molecule has 92 valence electrons. The minimum Gasteiger partial charge on any atom is -0.466 e. The molecule has 1 rings (SSSR count). The predicted molar refractivity (Wildman–Crippen MR) is 68.6 cm³/mol. The van der Waals surface area contributed by atoms with Crippen LogP contribution in [0.2, 0.25) is 0 Å². The molecular weight excluding hydrogens is 270 g/mol. The predicted octanol–water partition coefficient (Wildman–Crippen LogP) is 3.51. The molecule has 1 heterocycles. The number of ether oxygens (including phenoxy) is 1. The summed E-state index contributed by atoms with van der Waals surface area (Å²) < 4.78 is 11.9. The fourth-order valence-corrected chi connectivity index (χ4v) is 1.95. The van der Waals surface area contributed by atoms with E-state index in [1.54, 1.807) is 6.26 Å². The smallest absolute Gasteiger partial charge is 0.134 e. The molecule has 1 unspecified atom stereocenters. The fourth-order valence-electron chi connectivity index (χ4n) is 1.40. The van der Waals surface area contributed by atoms with Crippen LogP contribution in [0, 0.1) is 0 Å². The van der Waals surface area contributed by atoms with Crippen molar-refractivity contribution in [1.82, 2.24) is 5.32 Å². The van der Waals surface area contributed by atoms with Gasteiger partial charge in [0.2, 0.25) is 0 Å². The maximum Gasteiger partial charge on any atom is 0.134 e. The summed E-state index contributed by atoms with van der Waals surface area (Å²) in [6.45, 7) is 6.70. The number of unbranched alkanes of at least 4 members (excludes halogenated alkanes) is 1. The second kappa shape index (κ2) is 7.87. The molecule has 0 aliphatic heterocycles. The van der Waals surface area contributed by atoms with Gasteiger partial charge in [-0.1, -0.05) is 13.3 Å². The number of furan rings is 1. The summed E-state index contributed by atoms with van der Waals surface area (Å²) in [5, 5.41) is 3.35. The fraction of sp³-hybridized carbons (Fsp3) is 0.667. The molecule has 1 aromatic heterocycles. The zero-order valence-corrected chi connectivity index (χ0v) is 11.5. The summed E-state index contributed by atoms with van der Waals surface area (Å²) in [6, 6.07) is 2.12. The normalized spacial score (nSPS) is 12.9. The van der Waals surface area contributed by atoms with Crippen LogP contribution in [0.3, 0.4) is 0 Å². The van der Waals surface area contributed by atoms with Gasteiger partial charge in [0.25, 0.3) is 0 Å². The van der Waals surface area contributed by atoms with Crippen LogP contribution in [0.1, 0.15) is 38.5 Å². The summed E-state index contributed by atoms with van der Waals surface area (Å²) in [5.74, 6) is 0.938. The highest BCUT2D eigenvalue weighted by atomic mass is 79.9. The summed E-state index contributed by atoms with van der Waals surface area (Å²) in [5.41, 5.74) is 0. The van der Waals surface area contributed by atoms with Gasteiger partial charge in [0.05, 0.1) is 23.4 Å². The molecule has 0 fully saturated rings. The third-order valence-corrected chi connectivity index (χ3v) is 3.03. The summed E-state index contributed by atoms with van der Waals surface area (Å²) >= 11 is 3.45. The highest BCUT2D eigenvalue weighted by molar-refractivity contribution is 9.10. The van der Waals surface area contributed by atoms with Crippen molar-refractivity contribution in [2.45, 2.75) is 32.7 Å². The average molecular weight is 290 g/mol. The SMILES string of the molecule is CCCCOCCNC(C)c1occc1Br. The molecule has 16 heavy (non-hydrogen) atoms. The number of hydrogen-bond donors (Lipinski definition) is 1. The van der Waals surface area contributed by atoms with Crippen LogP contribution < -0.4 is 5.32 Å². The first-order chi connectivity index (χ1) is 7.75. The van der Waals surface area contributed by atoms with E-state index in [0.29, 0.717) is 0 Å². The Bertz CT molecular complexity index is 288. The monoisotopic (exact) mass is 289 g/mol. The minimum absolute atomic E-state index is 0.208. The molecule has 3 nitrogen and oxygen atoms in total. The Hall–Kier alpha value is -0.320. The molecule has 1 atom stereocenters. The Kier molecular flexibility index (Phi) is 6.76. The largest absolute Gasteiger partial charge is 0.466 e. The average Bonchev–Trinajstić information content (AvgIpc) is 2.69. The van der Waals surface area contributed by atoms with Crippen molar-refractivity contribution in [2.75, 3.05) is 19.8 Å². The van der Waals surface area contributed by atoms with Gasteiger partial charge >= 0.3 is 0 Å². The van der Waals surface area contributed by atoms with E-state index in [1.807, 2.05) is 6.07 Å². The Morgan fingerprint density at radius 2 is 2.31 bits per heavy atom. The quantitative estimate of drug-likeness (QED) is 0.744. The van der Waals surface area contributed by atoms with Crippen molar-refractivity contribution in [3.63, 3.8) is 0 Å². The first-order valence-corrected chi connectivity index (χ1v) is 6.59. The lowest BCUT2D eigenvalue weighted by atomic mass is 10.2. The van der Waals surface area contributed by atoms with E-state index in [2.05, 4.69) is 35.1 Å². The van der Waals surface area contributed by atoms with Crippen molar-refractivity contribution in [1.29, 1.82) is 0 Å². The Balaban J connectivity index is 2.11. The molecule has 0 amide bonds. The first-order valence-electron chi connectivity index (χ1n) is 5.79. The third kappa shape index (κ3) is 4.68. The summed E-state index contributed by atoms with van der Waals surface area (Å²) in [7, 11) is 0. The number of hydrogen-bond acceptors (Lipinski definition) is 3. The highest BCUT2D eigenvalue weighted by Gasteiger charge is 2.11. The highest BCUT2D eigenvalue weighted by Crippen LogP contribution is 2.23. The lowest BCUT2D eigenvalue weighted by Gasteiger charge is -2.12. The van der Waals surface area contributed by atoms with Crippen molar-refractivity contribution in [2.24, 2.45) is 0 Å². The topological polar surface area (TPSA) is 34.4 Å². The molecule has 0 saturated carbocycles. The number of nitrogens with one attached hydrogen (secondary N) is 1. The molecule has 0 spiro atoms. The first kappa shape index (κ1) is 13.7. The number of rotatable bonds is 8. The van der Waals surface area contributed by atoms with Gasteiger partial charge < -0.3 is 14.5 Å². The molecule has 0 aliphatic carbocycles. The van der Waals surface area contributed by atoms with Crippen molar-refractivity contribution >= 4 is 15.9 Å². The molecule has 1 aromatic rings. The molecule has 0 saturated heterocycles. The van der Waals surface area contributed by atoms with Crippen LogP contribution in [-0.2, 0) is 4.74 Å². The van der Waals surface area contributed by atoms with Gasteiger partial charge in [-0.3, -0.25) is 0 Å². The van der Waals surface area contributed by atoms with Crippen LogP contribution in [-0.4, -0.2) is 19.8 Å². The minimum atomic E-state index is 0.208. The molecule has 0 aliphatic rings. The van der Waals surface area contributed by atoms with E-state index in [-0.39, 0.29) is 6.04 Å². The van der Waals surface area contributed by atoms with E-state index < -0.39 is 0 Å². The third-order valence-electron chi connectivity index (χ3n) is 2.38. The van der Waals surface area contributed by atoms with Crippen molar-refractivity contribution in [3.8, 4) is 0 Å². The second-order valence-corrected chi connectivity index (χ2v) is 4.63. The molecule has 0 bridgehead atoms. The van der Waals surface area contributed by atoms with E-state index >= 15 is 0 Å². The molecular formula is C12H20BrNO2. The Morgan fingerprint density at radius 3 is 2.94 bits per heavy atom. The lowest BCUT2D eigenvalue weighted by Crippen LogP contribution is -2.23. The van der Waals surface area contributed by atoms with Crippen molar-refractivity contribution < 1.29 is 9.15 Å². The van der Waals surface area contributed by atoms with E-state index in [9.17, 15) is 0 Å². The number of halogens is 1. The van der Waals surface area contributed by atoms with E-state index in [0.717, 1.165) is 36.4 Å². The van der Waals surface area contributed by atoms with Gasteiger partial charge in [0.1, 0.15) is 5.76 Å². The standard InChI is InChI=1S/C12H20BrNO2/c1-3-4-7-15-9-6-14-10(2)12-11(13)5-8-16-12/h5,8,10,14H,3-4,6-7,9H2,1-2H3. The van der Waals surface area contributed by atoms with Gasteiger partial charge in [-0.2, -0.15) is 0 Å². The zero-order valence-electron chi connectivity index (χ0n) is 9.96. The summed E-state index contributed by atoms with van der Waals surface area (Å²) in [6.07, 6.45) is 4.01. The molecule has 4 heteroatoms. The maximum atomic E-state index is 5.47. The van der Waals surface area contributed by atoms with E-state index in [4.69, 9.17) is 9.15 Å². The van der Waals surface area contributed by atoms with Gasteiger partial charge in [0, 0.05) is 13.2 Å². The van der Waals surface area contributed by atoms with Gasteiger partial charge in [-0.25, -0.2) is 0 Å². The van der Waals surface area contributed by atoms with Crippen LogP contribution in [0.15, 0.2) is 21.2 Å². The molecule has 1 N–H and O–H groups in total. The van der Waals surface area contributed by atoms with Crippen LogP contribution in [0.5, 0.6) is 0 Å². The van der Waals surface area contributed by atoms with Crippen LogP contribution in [0.4, 0.5) is 0 Å². The molecule has 0 aromatic carbocycles. The Labute approximate surface area is 106 Å². The van der Waals surface area contributed by atoms with Crippen LogP contribution in [0.25, 0.3) is 0 Å². The Morgan fingerprint density at radius 1 is 1.50 bits per heavy atom. The lowest BCUT2D eigenvalue weighted by molar-refractivity contribution is 0.130. The van der Waals surface area contributed by atoms with Gasteiger partial charge in [0.15, 0.2) is 0 Å². The van der Waals surface area contributed by atoms with Crippen LogP contribution >= 0.6 is 15.9 Å². The van der Waals surface area contributed by atoms with Gasteiger partial charge in [-0.05, 0) is 35.3 Å². The zero-order chi connectivity index (χ0) is 11.8. The molecule has 0 radical (unpaired) electrons. The van der Waals surface area contributed by atoms with Crippen molar-refractivity contribution in [3.05, 3.63) is 22.6 Å².